The van der Waals surface area contributed by atoms with Crippen molar-refractivity contribution >= 4 is 0 Å². The maximum absolute atomic E-state index is 4.69. The summed E-state index contributed by atoms with van der Waals surface area (Å²) < 4.78 is 2.47. The highest BCUT2D eigenvalue weighted by Gasteiger charge is 2.25. The number of imidazole rings is 1. The molecule has 2 nitrogen and oxygen atoms in total. The van der Waals surface area contributed by atoms with Crippen LogP contribution in [-0.4, -0.2) is 9.55 Å². The first-order valence-electron chi connectivity index (χ1n) is 5.70. The average molecular weight is 192 g/mol. The third-order valence-corrected chi connectivity index (χ3v) is 3.33. The Morgan fingerprint density at radius 2 is 2.14 bits per heavy atom. The summed E-state index contributed by atoms with van der Waals surface area (Å²) in [6, 6.07) is 0.643. The number of hydrogen-bond donors (Lipinski definition) is 0. The van der Waals surface area contributed by atoms with E-state index in [0.717, 1.165) is 18.8 Å². The average Bonchev–Trinajstić information content (AvgIpc) is 2.40. The van der Waals surface area contributed by atoms with Gasteiger partial charge in [-0.2, -0.15) is 0 Å². The van der Waals surface area contributed by atoms with Gasteiger partial charge >= 0.3 is 0 Å². The van der Waals surface area contributed by atoms with Gasteiger partial charge in [0.25, 0.3) is 0 Å². The van der Waals surface area contributed by atoms with Crippen molar-refractivity contribution in [2.45, 2.75) is 53.0 Å². The Morgan fingerprint density at radius 3 is 2.79 bits per heavy atom. The van der Waals surface area contributed by atoms with Crippen LogP contribution in [0, 0.1) is 12.8 Å². The van der Waals surface area contributed by atoms with Crippen molar-refractivity contribution in [3.63, 3.8) is 0 Å². The van der Waals surface area contributed by atoms with Crippen LogP contribution < -0.4 is 0 Å². The van der Waals surface area contributed by atoms with Crippen LogP contribution in [0.4, 0.5) is 0 Å². The van der Waals surface area contributed by atoms with E-state index in [2.05, 4.69) is 37.2 Å². The number of fused-ring (bicyclic) bond motifs is 1. The lowest BCUT2D eigenvalue weighted by Crippen LogP contribution is -2.22. The normalized spacial score (nSPS) is 26.3. The predicted molar refractivity (Wildman–Crippen MR) is 58.5 cm³/mol. The van der Waals surface area contributed by atoms with Gasteiger partial charge < -0.3 is 4.57 Å². The first-order valence-corrected chi connectivity index (χ1v) is 5.70. The van der Waals surface area contributed by atoms with Crippen molar-refractivity contribution < 1.29 is 0 Å². The van der Waals surface area contributed by atoms with Crippen LogP contribution in [0.15, 0.2) is 0 Å². The Labute approximate surface area is 86.3 Å². The molecule has 0 saturated carbocycles. The second-order valence-corrected chi connectivity index (χ2v) is 4.68. The zero-order chi connectivity index (χ0) is 10.3. The Bertz CT molecular complexity index is 338. The minimum atomic E-state index is 0.643. The van der Waals surface area contributed by atoms with Crippen LogP contribution in [0.1, 0.15) is 50.4 Å². The summed E-state index contributed by atoms with van der Waals surface area (Å²) in [5.74, 6) is 2.11. The van der Waals surface area contributed by atoms with Crippen LogP contribution in [0.5, 0.6) is 0 Å². The van der Waals surface area contributed by atoms with E-state index in [9.17, 15) is 0 Å². The minimum absolute atomic E-state index is 0.643. The van der Waals surface area contributed by atoms with Crippen molar-refractivity contribution in [2.75, 3.05) is 0 Å². The van der Waals surface area contributed by atoms with Crippen molar-refractivity contribution in [1.82, 2.24) is 9.55 Å². The molecule has 0 saturated heterocycles. The first-order chi connectivity index (χ1) is 6.63. The second-order valence-electron chi connectivity index (χ2n) is 4.68. The summed E-state index contributed by atoms with van der Waals surface area (Å²) in [6.07, 6.45) is 3.57. The zero-order valence-electron chi connectivity index (χ0n) is 9.67. The van der Waals surface area contributed by atoms with Crippen LogP contribution in [-0.2, 0) is 12.8 Å². The summed E-state index contributed by atoms with van der Waals surface area (Å²) >= 11 is 0. The van der Waals surface area contributed by atoms with Crippen LogP contribution in [0.2, 0.25) is 0 Å². The van der Waals surface area contributed by atoms with E-state index in [1.165, 1.54) is 23.6 Å². The maximum Gasteiger partial charge on any atom is 0.109 e. The van der Waals surface area contributed by atoms with E-state index in [4.69, 9.17) is 0 Å². The van der Waals surface area contributed by atoms with Crippen LogP contribution in [0.3, 0.4) is 0 Å². The van der Waals surface area contributed by atoms with Gasteiger partial charge in [-0.25, -0.2) is 4.98 Å². The Hall–Kier alpha value is -0.790. The Balaban J connectivity index is 2.48. The van der Waals surface area contributed by atoms with Crippen LogP contribution >= 0.6 is 0 Å². The molecule has 0 spiro atoms. The van der Waals surface area contributed by atoms with Crippen molar-refractivity contribution in [2.24, 2.45) is 5.92 Å². The van der Waals surface area contributed by atoms with Gasteiger partial charge in [0.2, 0.25) is 0 Å². The van der Waals surface area contributed by atoms with E-state index in [1.54, 1.807) is 0 Å². The van der Waals surface area contributed by atoms with Gasteiger partial charge in [-0.05, 0) is 32.6 Å². The highest BCUT2D eigenvalue weighted by molar-refractivity contribution is 5.19. The van der Waals surface area contributed by atoms with Crippen molar-refractivity contribution in [3.05, 3.63) is 17.2 Å². The fourth-order valence-corrected chi connectivity index (χ4v) is 2.82. The van der Waals surface area contributed by atoms with Gasteiger partial charge in [-0.3, -0.25) is 0 Å². The van der Waals surface area contributed by atoms with Gasteiger partial charge in [0.1, 0.15) is 5.82 Å². The third kappa shape index (κ3) is 1.37. The first kappa shape index (κ1) is 9.75. The monoisotopic (exact) mass is 192 g/mol. The molecule has 1 aromatic heterocycles. The van der Waals surface area contributed by atoms with Crippen molar-refractivity contribution in [3.8, 4) is 0 Å². The minimum Gasteiger partial charge on any atom is -0.329 e. The number of rotatable bonds is 1. The highest BCUT2D eigenvalue weighted by Crippen LogP contribution is 2.30. The van der Waals surface area contributed by atoms with Crippen molar-refractivity contribution in [1.29, 1.82) is 0 Å². The summed E-state index contributed by atoms with van der Waals surface area (Å²) in [4.78, 5) is 4.69. The smallest absolute Gasteiger partial charge is 0.109 e. The van der Waals surface area contributed by atoms with Gasteiger partial charge in [0.05, 0.1) is 5.69 Å². The number of nitrogens with zero attached hydrogens (tertiary/aromatic N) is 2. The summed E-state index contributed by atoms with van der Waals surface area (Å²) in [5.41, 5.74) is 2.68. The molecule has 2 heterocycles. The lowest BCUT2D eigenvalue weighted by atomic mass is 9.95. The molecule has 0 aliphatic carbocycles. The molecular weight excluding hydrogens is 172 g/mol. The molecule has 78 valence electrons. The largest absolute Gasteiger partial charge is 0.329 e. The van der Waals surface area contributed by atoms with Crippen LogP contribution in [0.25, 0.3) is 0 Å². The predicted octanol–water partition coefficient (Wildman–Crippen LogP) is 2.90. The van der Waals surface area contributed by atoms with E-state index in [0.29, 0.717) is 6.04 Å². The fourth-order valence-electron chi connectivity index (χ4n) is 2.82. The SMILES string of the molecule is CCc1c(C)nc2n1C(C)CC(C)C2. The molecular formula is C12H20N2. The standard InChI is InChI=1S/C12H20N2/c1-5-11-10(4)13-12-7-8(2)6-9(3)14(11)12/h8-9H,5-7H2,1-4H3. The maximum atomic E-state index is 4.69. The Morgan fingerprint density at radius 1 is 1.43 bits per heavy atom. The molecule has 0 bridgehead atoms. The second kappa shape index (κ2) is 3.41. The molecule has 2 rings (SSSR count). The molecule has 1 aliphatic heterocycles. The van der Waals surface area contributed by atoms with Gasteiger partial charge in [0, 0.05) is 18.2 Å². The van der Waals surface area contributed by atoms with Gasteiger partial charge in [-0.15, -0.1) is 0 Å². The summed E-state index contributed by atoms with van der Waals surface area (Å²) in [7, 11) is 0. The fraction of sp³-hybridized carbons (Fsp3) is 0.750. The van der Waals surface area contributed by atoms with E-state index in [1.807, 2.05) is 0 Å². The molecule has 0 radical (unpaired) electrons. The lowest BCUT2D eigenvalue weighted by molar-refractivity contribution is 0.337. The summed E-state index contributed by atoms with van der Waals surface area (Å²) in [6.45, 7) is 9.01. The van der Waals surface area contributed by atoms with Gasteiger partial charge in [-0.1, -0.05) is 13.8 Å². The molecule has 0 aromatic carbocycles. The molecule has 2 unspecified atom stereocenters. The molecule has 0 fully saturated rings. The number of hydrogen-bond acceptors (Lipinski definition) is 1. The van der Waals surface area contributed by atoms with E-state index in [-0.39, 0.29) is 0 Å². The highest BCUT2D eigenvalue weighted by atomic mass is 15.1. The van der Waals surface area contributed by atoms with E-state index >= 15 is 0 Å². The molecule has 1 aliphatic rings. The van der Waals surface area contributed by atoms with Gasteiger partial charge in [0.15, 0.2) is 0 Å². The summed E-state index contributed by atoms with van der Waals surface area (Å²) in [5, 5.41) is 0. The molecule has 2 atom stereocenters. The Kier molecular flexibility index (Phi) is 2.38. The molecule has 0 N–H and O–H groups in total. The topological polar surface area (TPSA) is 17.8 Å². The number of aromatic nitrogens is 2. The molecule has 14 heavy (non-hydrogen) atoms. The van der Waals surface area contributed by atoms with E-state index < -0.39 is 0 Å². The third-order valence-electron chi connectivity index (χ3n) is 3.33. The molecule has 0 amide bonds. The molecule has 1 aromatic rings. The lowest BCUT2D eigenvalue weighted by Gasteiger charge is -2.28. The molecule has 2 heteroatoms. The number of aryl methyl sites for hydroxylation is 1. The zero-order valence-corrected chi connectivity index (χ0v) is 9.67. The quantitative estimate of drug-likeness (QED) is 0.669.